The Morgan fingerprint density at radius 2 is 1.64 bits per heavy atom. The Kier molecular flexibility index (Phi) is 4.39. The van der Waals surface area contributed by atoms with Crippen molar-refractivity contribution >= 4 is 5.78 Å². The minimum Gasteiger partial charge on any atom is -0.299 e. The molecule has 1 aliphatic heterocycles. The standard InChI is InChI=1S/C20H23NO/c1-15-11-16(2)13-18(12-15)20(22)19-8-4-3-7-17(19)14-21-9-5-6-10-21/h3-4,7-8,11-13H,5-6,9-10,14H2,1-2H3. The normalized spacial score (nSPS) is 15.2. The van der Waals surface area contributed by atoms with Crippen LogP contribution in [-0.4, -0.2) is 23.8 Å². The van der Waals surface area contributed by atoms with Crippen LogP contribution in [0.3, 0.4) is 0 Å². The maximum absolute atomic E-state index is 12.9. The van der Waals surface area contributed by atoms with Gasteiger partial charge in [0.1, 0.15) is 0 Å². The summed E-state index contributed by atoms with van der Waals surface area (Å²) in [7, 11) is 0. The molecule has 0 aliphatic carbocycles. The fourth-order valence-electron chi connectivity index (χ4n) is 3.32. The van der Waals surface area contributed by atoms with E-state index in [1.807, 2.05) is 44.2 Å². The van der Waals surface area contributed by atoms with Gasteiger partial charge in [0.15, 0.2) is 5.78 Å². The summed E-state index contributed by atoms with van der Waals surface area (Å²) >= 11 is 0. The van der Waals surface area contributed by atoms with Gasteiger partial charge in [-0.2, -0.15) is 0 Å². The minimum atomic E-state index is 0.140. The van der Waals surface area contributed by atoms with Crippen LogP contribution in [0.15, 0.2) is 42.5 Å². The lowest BCUT2D eigenvalue weighted by atomic mass is 9.96. The van der Waals surface area contributed by atoms with E-state index in [1.165, 1.54) is 12.8 Å². The average molecular weight is 293 g/mol. The second-order valence-electron chi connectivity index (χ2n) is 6.35. The van der Waals surface area contributed by atoms with Crippen molar-refractivity contribution in [1.29, 1.82) is 0 Å². The number of carbonyl (C=O) groups excluding carboxylic acids is 1. The monoisotopic (exact) mass is 293 g/mol. The predicted octanol–water partition coefficient (Wildman–Crippen LogP) is 4.13. The number of hydrogen-bond acceptors (Lipinski definition) is 2. The molecule has 2 nitrogen and oxygen atoms in total. The highest BCUT2D eigenvalue weighted by Crippen LogP contribution is 2.20. The van der Waals surface area contributed by atoms with Crippen molar-refractivity contribution in [3.05, 3.63) is 70.3 Å². The first kappa shape index (κ1) is 15.0. The van der Waals surface area contributed by atoms with Gasteiger partial charge in [-0.05, 0) is 57.5 Å². The van der Waals surface area contributed by atoms with E-state index in [9.17, 15) is 4.79 Å². The zero-order valence-corrected chi connectivity index (χ0v) is 13.4. The van der Waals surface area contributed by atoms with Crippen LogP contribution in [0.4, 0.5) is 0 Å². The topological polar surface area (TPSA) is 20.3 Å². The summed E-state index contributed by atoms with van der Waals surface area (Å²) in [6.07, 6.45) is 2.54. The zero-order chi connectivity index (χ0) is 15.5. The van der Waals surface area contributed by atoms with Gasteiger partial charge in [0.25, 0.3) is 0 Å². The number of benzene rings is 2. The molecule has 0 unspecified atom stereocenters. The number of rotatable bonds is 4. The molecular formula is C20H23NO. The smallest absolute Gasteiger partial charge is 0.193 e. The van der Waals surface area contributed by atoms with Gasteiger partial charge >= 0.3 is 0 Å². The van der Waals surface area contributed by atoms with Crippen molar-refractivity contribution in [1.82, 2.24) is 4.90 Å². The van der Waals surface area contributed by atoms with Crippen molar-refractivity contribution < 1.29 is 4.79 Å². The van der Waals surface area contributed by atoms with Gasteiger partial charge in [0, 0.05) is 17.7 Å². The molecule has 0 amide bonds. The quantitative estimate of drug-likeness (QED) is 0.790. The highest BCUT2D eigenvalue weighted by Gasteiger charge is 2.17. The van der Waals surface area contributed by atoms with Crippen LogP contribution in [0, 0.1) is 13.8 Å². The van der Waals surface area contributed by atoms with Crippen LogP contribution < -0.4 is 0 Å². The first-order valence-corrected chi connectivity index (χ1v) is 8.07. The molecule has 1 aliphatic rings. The second kappa shape index (κ2) is 6.45. The number of carbonyl (C=O) groups is 1. The Morgan fingerprint density at radius 3 is 2.32 bits per heavy atom. The van der Waals surface area contributed by atoms with Crippen LogP contribution in [0.2, 0.25) is 0 Å². The van der Waals surface area contributed by atoms with E-state index in [4.69, 9.17) is 0 Å². The molecule has 0 saturated carbocycles. The second-order valence-corrected chi connectivity index (χ2v) is 6.35. The molecule has 0 N–H and O–H groups in total. The minimum absolute atomic E-state index is 0.140. The molecule has 1 heterocycles. The maximum atomic E-state index is 12.9. The van der Waals surface area contributed by atoms with E-state index in [0.717, 1.165) is 47.5 Å². The Balaban J connectivity index is 1.91. The first-order chi connectivity index (χ1) is 10.6. The van der Waals surface area contributed by atoms with E-state index in [1.54, 1.807) is 0 Å². The van der Waals surface area contributed by atoms with Crippen LogP contribution >= 0.6 is 0 Å². The third-order valence-electron chi connectivity index (χ3n) is 4.34. The fourth-order valence-corrected chi connectivity index (χ4v) is 3.32. The van der Waals surface area contributed by atoms with Crippen LogP contribution in [0.5, 0.6) is 0 Å². The van der Waals surface area contributed by atoms with Gasteiger partial charge in [0.2, 0.25) is 0 Å². The van der Waals surface area contributed by atoms with Gasteiger partial charge in [-0.3, -0.25) is 9.69 Å². The highest BCUT2D eigenvalue weighted by atomic mass is 16.1. The van der Waals surface area contributed by atoms with E-state index < -0.39 is 0 Å². The lowest BCUT2D eigenvalue weighted by Gasteiger charge is -2.17. The molecule has 1 saturated heterocycles. The maximum Gasteiger partial charge on any atom is 0.193 e. The fraction of sp³-hybridized carbons (Fsp3) is 0.350. The number of hydrogen-bond donors (Lipinski definition) is 0. The van der Waals surface area contributed by atoms with Gasteiger partial charge in [-0.1, -0.05) is 41.5 Å². The average Bonchev–Trinajstić information content (AvgIpc) is 2.99. The molecule has 22 heavy (non-hydrogen) atoms. The van der Waals surface area contributed by atoms with Crippen molar-refractivity contribution in [2.24, 2.45) is 0 Å². The molecule has 0 bridgehead atoms. The number of nitrogens with zero attached hydrogens (tertiary/aromatic N) is 1. The summed E-state index contributed by atoms with van der Waals surface area (Å²) in [5.74, 6) is 0.140. The molecule has 0 aromatic heterocycles. The SMILES string of the molecule is Cc1cc(C)cc(C(=O)c2ccccc2CN2CCCC2)c1. The molecule has 2 aromatic carbocycles. The van der Waals surface area contributed by atoms with Crippen molar-refractivity contribution in [3.8, 4) is 0 Å². The van der Waals surface area contributed by atoms with Gasteiger partial charge < -0.3 is 0 Å². The van der Waals surface area contributed by atoms with Crippen molar-refractivity contribution in [2.45, 2.75) is 33.2 Å². The Bertz CT molecular complexity index is 664. The third kappa shape index (κ3) is 3.28. The van der Waals surface area contributed by atoms with Crippen LogP contribution in [0.25, 0.3) is 0 Å². The molecular weight excluding hydrogens is 270 g/mol. The predicted molar refractivity (Wildman–Crippen MR) is 90.3 cm³/mol. The van der Waals surface area contributed by atoms with Gasteiger partial charge in [-0.15, -0.1) is 0 Å². The van der Waals surface area contributed by atoms with E-state index >= 15 is 0 Å². The Morgan fingerprint density at radius 1 is 1.00 bits per heavy atom. The van der Waals surface area contributed by atoms with Gasteiger partial charge in [-0.25, -0.2) is 0 Å². The van der Waals surface area contributed by atoms with Crippen LogP contribution in [0.1, 0.15) is 45.5 Å². The Labute approximate surface area is 132 Å². The van der Waals surface area contributed by atoms with E-state index in [0.29, 0.717) is 0 Å². The number of ketones is 1. The summed E-state index contributed by atoms with van der Waals surface area (Å²) in [6, 6.07) is 14.1. The van der Waals surface area contributed by atoms with Crippen LogP contribution in [-0.2, 0) is 6.54 Å². The molecule has 2 heteroatoms. The van der Waals surface area contributed by atoms with Crippen molar-refractivity contribution in [2.75, 3.05) is 13.1 Å². The molecule has 0 atom stereocenters. The lowest BCUT2D eigenvalue weighted by Crippen LogP contribution is -2.20. The summed E-state index contributed by atoms with van der Waals surface area (Å²) in [4.78, 5) is 15.4. The van der Waals surface area contributed by atoms with Gasteiger partial charge in [0.05, 0.1) is 0 Å². The zero-order valence-electron chi connectivity index (χ0n) is 13.4. The molecule has 114 valence electrons. The first-order valence-electron chi connectivity index (χ1n) is 8.07. The number of aryl methyl sites for hydroxylation is 2. The van der Waals surface area contributed by atoms with E-state index in [2.05, 4.69) is 17.0 Å². The molecule has 0 radical (unpaired) electrons. The highest BCUT2D eigenvalue weighted by molar-refractivity contribution is 6.10. The molecule has 0 spiro atoms. The summed E-state index contributed by atoms with van der Waals surface area (Å²) in [5.41, 5.74) is 5.07. The number of likely N-dealkylation sites (tertiary alicyclic amines) is 1. The third-order valence-corrected chi connectivity index (χ3v) is 4.34. The van der Waals surface area contributed by atoms with Crippen molar-refractivity contribution in [3.63, 3.8) is 0 Å². The molecule has 1 fully saturated rings. The van der Waals surface area contributed by atoms with E-state index in [-0.39, 0.29) is 5.78 Å². The summed E-state index contributed by atoms with van der Waals surface area (Å²) in [6.45, 7) is 7.25. The summed E-state index contributed by atoms with van der Waals surface area (Å²) < 4.78 is 0. The largest absolute Gasteiger partial charge is 0.299 e. The molecule has 2 aromatic rings. The molecule has 3 rings (SSSR count). The Hall–Kier alpha value is -1.93. The lowest BCUT2D eigenvalue weighted by molar-refractivity contribution is 0.103. The summed E-state index contributed by atoms with van der Waals surface area (Å²) in [5, 5.41) is 0.